The van der Waals surface area contributed by atoms with Crippen LogP contribution in [-0.4, -0.2) is 22.5 Å². The molecule has 0 saturated heterocycles. The average molecular weight is 146 g/mol. The Hall–Kier alpha value is -1.06. The predicted octanol–water partition coefficient (Wildman–Crippen LogP) is -0.260. The molecule has 0 heterocycles. The summed E-state index contributed by atoms with van der Waals surface area (Å²) in [5.41, 5.74) is -1.31. The van der Waals surface area contributed by atoms with Crippen molar-refractivity contribution in [1.29, 1.82) is 0 Å². The lowest BCUT2D eigenvalue weighted by Crippen LogP contribution is -2.41. The Morgan fingerprint density at radius 2 is 2.30 bits per heavy atom. The molecular formula is C6H9NO3. The van der Waals surface area contributed by atoms with Crippen LogP contribution in [0.4, 0.5) is 0 Å². The van der Waals surface area contributed by atoms with E-state index in [9.17, 15) is 9.59 Å². The van der Waals surface area contributed by atoms with E-state index in [2.05, 4.69) is 0 Å². The fraction of sp³-hybridized carbons (Fsp3) is 0.667. The number of amides is 1. The molecule has 1 aliphatic carbocycles. The summed E-state index contributed by atoms with van der Waals surface area (Å²) in [7, 11) is 0. The van der Waals surface area contributed by atoms with Crippen molar-refractivity contribution in [3.05, 3.63) is 0 Å². The summed E-state index contributed by atoms with van der Waals surface area (Å²) in [6.07, 6.45) is 0.592. The highest BCUT2D eigenvalue weighted by Crippen LogP contribution is 2.35. The van der Waals surface area contributed by atoms with Crippen LogP contribution in [0.2, 0.25) is 0 Å². The average Bonchev–Trinajstić information content (AvgIpc) is 2.66. The van der Waals surface area contributed by atoms with Gasteiger partial charge in [0.1, 0.15) is 5.54 Å². The van der Waals surface area contributed by atoms with Gasteiger partial charge in [-0.25, -0.2) is 4.79 Å². The molecule has 1 amide bonds. The van der Waals surface area contributed by atoms with Gasteiger partial charge in [-0.3, -0.25) is 4.79 Å². The number of aliphatic carboxylic acids is 1. The fourth-order valence-corrected chi connectivity index (χ4v) is 0.735. The van der Waals surface area contributed by atoms with Crippen molar-refractivity contribution in [3.63, 3.8) is 0 Å². The van der Waals surface area contributed by atoms with Crippen molar-refractivity contribution in [2.45, 2.75) is 25.2 Å². The summed E-state index contributed by atoms with van der Waals surface area (Å²) in [6.45, 7) is -2.77. The van der Waals surface area contributed by atoms with E-state index in [-0.39, 0.29) is 0 Å². The van der Waals surface area contributed by atoms with E-state index in [0.717, 1.165) is 0 Å². The summed E-state index contributed by atoms with van der Waals surface area (Å²) in [5, 5.41) is 10.6. The number of nitrogens with one attached hydrogen (secondary N) is 1. The van der Waals surface area contributed by atoms with Gasteiger partial charge < -0.3 is 10.4 Å². The second-order valence-electron chi connectivity index (χ2n) is 2.34. The zero-order valence-electron chi connectivity index (χ0n) is 8.18. The van der Waals surface area contributed by atoms with Gasteiger partial charge in [-0.15, -0.1) is 0 Å². The molecule has 0 aromatic rings. The van der Waals surface area contributed by atoms with E-state index in [1.165, 1.54) is 0 Å². The van der Waals surface area contributed by atoms with E-state index in [1.807, 2.05) is 5.32 Å². The monoisotopic (exact) mass is 146 g/mol. The Balaban J connectivity index is 2.60. The van der Waals surface area contributed by atoms with Crippen molar-refractivity contribution in [2.75, 3.05) is 0 Å². The molecule has 10 heavy (non-hydrogen) atoms. The first-order valence-corrected chi connectivity index (χ1v) is 2.84. The maximum Gasteiger partial charge on any atom is 0.329 e. The normalized spacial score (nSPS) is 25.4. The van der Waals surface area contributed by atoms with Gasteiger partial charge in [0.05, 0.1) is 0 Å². The number of carboxylic acids is 1. The van der Waals surface area contributed by atoms with Crippen LogP contribution in [0.25, 0.3) is 0 Å². The maximum absolute atomic E-state index is 10.9. The zero-order valence-corrected chi connectivity index (χ0v) is 5.18. The zero-order chi connectivity index (χ0) is 10.3. The molecule has 0 radical (unpaired) electrons. The van der Waals surface area contributed by atoms with Crippen molar-refractivity contribution in [3.8, 4) is 0 Å². The van der Waals surface area contributed by atoms with E-state index in [0.29, 0.717) is 12.8 Å². The van der Waals surface area contributed by atoms with E-state index in [1.54, 1.807) is 0 Å². The molecule has 1 rings (SSSR count). The summed E-state index contributed by atoms with van der Waals surface area (Å²) in [6, 6.07) is 0. The lowest BCUT2D eigenvalue weighted by atomic mass is 10.3. The molecule has 4 heteroatoms. The number of rotatable bonds is 2. The second-order valence-corrected chi connectivity index (χ2v) is 2.34. The van der Waals surface area contributed by atoms with Gasteiger partial charge in [-0.2, -0.15) is 0 Å². The Kier molecular flexibility index (Phi) is 0.778. The molecule has 0 aliphatic heterocycles. The van der Waals surface area contributed by atoms with Crippen molar-refractivity contribution >= 4 is 11.9 Å². The van der Waals surface area contributed by atoms with Gasteiger partial charge in [0.2, 0.25) is 5.91 Å². The van der Waals surface area contributed by atoms with Crippen LogP contribution < -0.4 is 5.32 Å². The molecule has 4 nitrogen and oxygen atoms in total. The Labute approximate surface area is 62.4 Å². The van der Waals surface area contributed by atoms with E-state index < -0.39 is 24.3 Å². The smallest absolute Gasteiger partial charge is 0.329 e. The highest BCUT2D eigenvalue weighted by atomic mass is 16.4. The topological polar surface area (TPSA) is 66.4 Å². The molecule has 2 N–H and O–H groups in total. The second kappa shape index (κ2) is 1.97. The first-order valence-electron chi connectivity index (χ1n) is 4.34. The molecule has 0 atom stereocenters. The molecule has 0 spiro atoms. The van der Waals surface area contributed by atoms with Crippen LogP contribution in [0.3, 0.4) is 0 Å². The van der Waals surface area contributed by atoms with Gasteiger partial charge in [-0.05, 0) is 12.8 Å². The van der Waals surface area contributed by atoms with Crippen LogP contribution in [0, 0.1) is 0 Å². The third-order valence-corrected chi connectivity index (χ3v) is 1.51. The maximum atomic E-state index is 10.9. The number of hydrogen-bond acceptors (Lipinski definition) is 2. The van der Waals surface area contributed by atoms with Gasteiger partial charge in [-0.1, -0.05) is 0 Å². The first-order chi connectivity index (χ1) is 5.78. The number of carbonyl (C=O) groups excluding carboxylic acids is 1. The SMILES string of the molecule is [2H]C([2H])([2H])C(=O)NC1(C(=O)O)CC1. The summed E-state index contributed by atoms with van der Waals surface area (Å²) >= 11 is 0. The van der Waals surface area contributed by atoms with Crippen LogP contribution in [-0.2, 0) is 9.59 Å². The van der Waals surface area contributed by atoms with Crippen molar-refractivity contribution in [2.24, 2.45) is 0 Å². The van der Waals surface area contributed by atoms with Gasteiger partial charge in [0, 0.05) is 11.0 Å². The minimum absolute atomic E-state index is 0.296. The summed E-state index contributed by atoms with van der Waals surface area (Å²) < 4.78 is 20.1. The molecule has 0 unspecified atom stereocenters. The minimum Gasteiger partial charge on any atom is -0.480 e. The van der Waals surface area contributed by atoms with Crippen LogP contribution in [0.15, 0.2) is 0 Å². The molecular weight excluding hydrogens is 134 g/mol. The molecule has 1 saturated carbocycles. The molecule has 1 aliphatic rings. The Morgan fingerprint density at radius 1 is 1.70 bits per heavy atom. The first kappa shape index (κ1) is 3.95. The third kappa shape index (κ3) is 1.10. The van der Waals surface area contributed by atoms with Gasteiger partial charge in [0.15, 0.2) is 0 Å². The third-order valence-electron chi connectivity index (χ3n) is 1.51. The lowest BCUT2D eigenvalue weighted by molar-refractivity contribution is -0.142. The Bertz CT molecular complexity index is 256. The van der Waals surface area contributed by atoms with Gasteiger partial charge >= 0.3 is 5.97 Å². The summed E-state index contributed by atoms with van der Waals surface area (Å²) in [4.78, 5) is 21.4. The number of hydrogen-bond donors (Lipinski definition) is 2. The predicted molar refractivity (Wildman–Crippen MR) is 33.4 cm³/mol. The molecule has 0 bridgehead atoms. The molecule has 0 aromatic carbocycles. The summed E-state index contributed by atoms with van der Waals surface area (Å²) in [5.74, 6) is -2.38. The van der Waals surface area contributed by atoms with Crippen LogP contribution in [0.1, 0.15) is 23.8 Å². The largest absolute Gasteiger partial charge is 0.480 e. The lowest BCUT2D eigenvalue weighted by Gasteiger charge is -2.08. The molecule has 1 fully saturated rings. The quantitative estimate of drug-likeness (QED) is 0.564. The van der Waals surface area contributed by atoms with Crippen molar-refractivity contribution in [1.82, 2.24) is 5.32 Å². The standard InChI is InChI=1S/C6H9NO3/c1-4(8)7-6(2-3-6)5(9)10/h2-3H2,1H3,(H,7,8)(H,9,10)/i1D3. The number of carbonyl (C=O) groups is 2. The highest BCUT2D eigenvalue weighted by molar-refractivity contribution is 5.88. The van der Waals surface area contributed by atoms with Crippen molar-refractivity contribution < 1.29 is 18.8 Å². The van der Waals surface area contributed by atoms with Crippen LogP contribution >= 0.6 is 0 Å². The Morgan fingerprint density at radius 3 is 2.60 bits per heavy atom. The van der Waals surface area contributed by atoms with Gasteiger partial charge in [0.25, 0.3) is 0 Å². The highest BCUT2D eigenvalue weighted by Gasteiger charge is 2.51. The minimum atomic E-state index is -2.77. The fourth-order valence-electron chi connectivity index (χ4n) is 0.735. The van der Waals surface area contributed by atoms with Crippen LogP contribution in [0.5, 0.6) is 0 Å². The number of carboxylic acid groups (broad SMARTS) is 1. The molecule has 0 aromatic heterocycles. The molecule has 56 valence electrons. The van der Waals surface area contributed by atoms with E-state index >= 15 is 0 Å². The van der Waals surface area contributed by atoms with E-state index in [4.69, 9.17) is 9.22 Å².